The van der Waals surface area contributed by atoms with Gasteiger partial charge < -0.3 is 5.11 Å². The van der Waals surface area contributed by atoms with E-state index in [9.17, 15) is 0 Å². The standard InChI is InChI=1S/C16H26BrNO/c1-3-5-9-18(10-6-4-2)12-15-8-7-14(13-19)11-16(15)17/h7-8,11,19H,3-6,9-10,12-13H2,1-2H3. The fourth-order valence-corrected chi connectivity index (χ4v) is 2.64. The molecule has 1 N–H and O–H groups in total. The van der Waals surface area contributed by atoms with Gasteiger partial charge in [-0.3, -0.25) is 4.90 Å². The van der Waals surface area contributed by atoms with Gasteiger partial charge in [0.05, 0.1) is 6.61 Å². The number of hydrogen-bond donors (Lipinski definition) is 1. The Labute approximate surface area is 126 Å². The van der Waals surface area contributed by atoms with E-state index in [4.69, 9.17) is 5.11 Å². The molecule has 0 aliphatic rings. The predicted octanol–water partition coefficient (Wildman–Crippen LogP) is 4.34. The van der Waals surface area contributed by atoms with Gasteiger partial charge in [0.1, 0.15) is 0 Å². The van der Waals surface area contributed by atoms with Crippen LogP contribution in [0.4, 0.5) is 0 Å². The Morgan fingerprint density at radius 3 is 2.21 bits per heavy atom. The van der Waals surface area contributed by atoms with Crippen LogP contribution >= 0.6 is 15.9 Å². The monoisotopic (exact) mass is 327 g/mol. The molecule has 3 heteroatoms. The van der Waals surface area contributed by atoms with Gasteiger partial charge in [-0.05, 0) is 43.1 Å². The van der Waals surface area contributed by atoms with Crippen LogP contribution in [-0.4, -0.2) is 23.1 Å². The smallest absolute Gasteiger partial charge is 0.0682 e. The van der Waals surface area contributed by atoms with Gasteiger partial charge in [0, 0.05) is 11.0 Å². The minimum absolute atomic E-state index is 0.105. The lowest BCUT2D eigenvalue weighted by molar-refractivity contribution is 0.256. The van der Waals surface area contributed by atoms with E-state index in [2.05, 4.69) is 40.7 Å². The molecule has 19 heavy (non-hydrogen) atoms. The van der Waals surface area contributed by atoms with Crippen LogP contribution in [-0.2, 0) is 13.2 Å². The van der Waals surface area contributed by atoms with Crippen molar-refractivity contribution in [2.24, 2.45) is 0 Å². The first-order chi connectivity index (χ1) is 9.21. The van der Waals surface area contributed by atoms with Crippen molar-refractivity contribution >= 4 is 15.9 Å². The summed E-state index contributed by atoms with van der Waals surface area (Å²) in [6.45, 7) is 7.92. The van der Waals surface area contributed by atoms with Crippen molar-refractivity contribution in [3.05, 3.63) is 33.8 Å². The zero-order valence-corrected chi connectivity index (χ0v) is 13.7. The number of aliphatic hydroxyl groups excluding tert-OH is 1. The van der Waals surface area contributed by atoms with Gasteiger partial charge in [-0.2, -0.15) is 0 Å². The predicted molar refractivity (Wildman–Crippen MR) is 85.2 cm³/mol. The molecule has 0 aliphatic heterocycles. The SMILES string of the molecule is CCCCN(CCCC)Cc1ccc(CO)cc1Br. The summed E-state index contributed by atoms with van der Waals surface area (Å²) >= 11 is 3.62. The number of rotatable bonds is 9. The lowest BCUT2D eigenvalue weighted by Gasteiger charge is -2.22. The van der Waals surface area contributed by atoms with E-state index < -0.39 is 0 Å². The molecule has 0 saturated heterocycles. The van der Waals surface area contributed by atoms with Gasteiger partial charge in [0.15, 0.2) is 0 Å². The Morgan fingerprint density at radius 1 is 1.11 bits per heavy atom. The summed E-state index contributed by atoms with van der Waals surface area (Å²) in [7, 11) is 0. The van der Waals surface area contributed by atoms with Crippen LogP contribution in [0, 0.1) is 0 Å². The quantitative estimate of drug-likeness (QED) is 0.729. The van der Waals surface area contributed by atoms with Gasteiger partial charge >= 0.3 is 0 Å². The number of benzene rings is 1. The normalized spacial score (nSPS) is 11.2. The Kier molecular flexibility index (Phi) is 8.35. The molecule has 0 saturated carbocycles. The molecule has 0 amide bonds. The summed E-state index contributed by atoms with van der Waals surface area (Å²) in [6.07, 6.45) is 5.01. The molecule has 0 heterocycles. The number of nitrogens with zero attached hydrogens (tertiary/aromatic N) is 1. The van der Waals surface area contributed by atoms with Crippen LogP contribution in [0.25, 0.3) is 0 Å². The maximum absolute atomic E-state index is 9.14. The van der Waals surface area contributed by atoms with Crippen LogP contribution in [0.5, 0.6) is 0 Å². The average molecular weight is 328 g/mol. The molecule has 108 valence electrons. The second kappa shape index (κ2) is 9.51. The first-order valence-electron chi connectivity index (χ1n) is 7.31. The number of halogens is 1. The zero-order valence-electron chi connectivity index (χ0n) is 12.2. The molecule has 0 radical (unpaired) electrons. The van der Waals surface area contributed by atoms with Crippen molar-refractivity contribution < 1.29 is 5.11 Å². The van der Waals surface area contributed by atoms with Gasteiger partial charge in [-0.25, -0.2) is 0 Å². The molecule has 2 nitrogen and oxygen atoms in total. The van der Waals surface area contributed by atoms with Crippen molar-refractivity contribution in [1.82, 2.24) is 4.90 Å². The summed E-state index contributed by atoms with van der Waals surface area (Å²) < 4.78 is 1.11. The molecule has 0 aromatic heterocycles. The molecular weight excluding hydrogens is 302 g/mol. The van der Waals surface area contributed by atoms with E-state index >= 15 is 0 Å². The lowest BCUT2D eigenvalue weighted by atomic mass is 10.1. The van der Waals surface area contributed by atoms with Gasteiger partial charge in [0.2, 0.25) is 0 Å². The topological polar surface area (TPSA) is 23.5 Å². The van der Waals surface area contributed by atoms with E-state index in [0.29, 0.717) is 0 Å². The Hall–Kier alpha value is -0.380. The molecule has 0 aliphatic carbocycles. The summed E-state index contributed by atoms with van der Waals surface area (Å²) in [5.41, 5.74) is 2.27. The Balaban J connectivity index is 2.65. The van der Waals surface area contributed by atoms with Crippen LogP contribution < -0.4 is 0 Å². The van der Waals surface area contributed by atoms with Crippen LogP contribution in [0.1, 0.15) is 50.7 Å². The lowest BCUT2D eigenvalue weighted by Crippen LogP contribution is -2.25. The van der Waals surface area contributed by atoms with Crippen molar-refractivity contribution in [1.29, 1.82) is 0 Å². The van der Waals surface area contributed by atoms with Crippen molar-refractivity contribution in [2.45, 2.75) is 52.7 Å². The summed E-state index contributed by atoms with van der Waals surface area (Å²) in [5.74, 6) is 0. The fourth-order valence-electron chi connectivity index (χ4n) is 2.09. The van der Waals surface area contributed by atoms with Crippen LogP contribution in [0.2, 0.25) is 0 Å². The van der Waals surface area contributed by atoms with Gasteiger partial charge in [-0.1, -0.05) is 54.8 Å². The fraction of sp³-hybridized carbons (Fsp3) is 0.625. The molecule has 0 fully saturated rings. The molecule has 1 aromatic carbocycles. The third-order valence-electron chi connectivity index (χ3n) is 3.35. The molecule has 0 atom stereocenters. The second-order valence-corrected chi connectivity index (χ2v) is 5.92. The minimum Gasteiger partial charge on any atom is -0.392 e. The summed E-state index contributed by atoms with van der Waals surface area (Å²) in [4.78, 5) is 2.53. The highest BCUT2D eigenvalue weighted by Gasteiger charge is 2.08. The first kappa shape index (κ1) is 16.7. The minimum atomic E-state index is 0.105. The number of unbranched alkanes of at least 4 members (excludes halogenated alkanes) is 2. The third-order valence-corrected chi connectivity index (χ3v) is 4.09. The van der Waals surface area contributed by atoms with Gasteiger partial charge in [0.25, 0.3) is 0 Å². The van der Waals surface area contributed by atoms with E-state index in [-0.39, 0.29) is 6.61 Å². The van der Waals surface area contributed by atoms with Crippen molar-refractivity contribution in [3.63, 3.8) is 0 Å². The zero-order chi connectivity index (χ0) is 14.1. The molecule has 1 rings (SSSR count). The maximum atomic E-state index is 9.14. The maximum Gasteiger partial charge on any atom is 0.0682 e. The Morgan fingerprint density at radius 2 is 1.74 bits per heavy atom. The number of hydrogen-bond acceptors (Lipinski definition) is 2. The first-order valence-corrected chi connectivity index (χ1v) is 8.11. The number of aliphatic hydroxyl groups is 1. The molecular formula is C16H26BrNO. The Bertz CT molecular complexity index is 360. The van der Waals surface area contributed by atoms with Crippen molar-refractivity contribution in [2.75, 3.05) is 13.1 Å². The van der Waals surface area contributed by atoms with E-state index in [0.717, 1.165) is 16.6 Å². The van der Waals surface area contributed by atoms with Crippen LogP contribution in [0.15, 0.2) is 22.7 Å². The van der Waals surface area contributed by atoms with E-state index in [1.165, 1.54) is 44.3 Å². The third kappa shape index (κ3) is 6.07. The molecule has 0 spiro atoms. The van der Waals surface area contributed by atoms with Gasteiger partial charge in [-0.15, -0.1) is 0 Å². The molecule has 0 unspecified atom stereocenters. The highest BCUT2D eigenvalue weighted by molar-refractivity contribution is 9.10. The summed E-state index contributed by atoms with van der Waals surface area (Å²) in [5, 5.41) is 9.14. The highest BCUT2D eigenvalue weighted by atomic mass is 79.9. The van der Waals surface area contributed by atoms with E-state index in [1.54, 1.807) is 0 Å². The largest absolute Gasteiger partial charge is 0.392 e. The van der Waals surface area contributed by atoms with Crippen molar-refractivity contribution in [3.8, 4) is 0 Å². The van der Waals surface area contributed by atoms with E-state index in [1.807, 2.05) is 12.1 Å². The second-order valence-electron chi connectivity index (χ2n) is 5.07. The van der Waals surface area contributed by atoms with Crippen LogP contribution in [0.3, 0.4) is 0 Å². The molecule has 0 bridgehead atoms. The molecule has 1 aromatic rings. The summed E-state index contributed by atoms with van der Waals surface area (Å²) in [6, 6.07) is 6.16. The average Bonchev–Trinajstić information content (AvgIpc) is 2.43. The highest BCUT2D eigenvalue weighted by Crippen LogP contribution is 2.21.